The van der Waals surface area contributed by atoms with Crippen LogP contribution >= 0.6 is 23.2 Å². The number of alkyl halides is 2. The summed E-state index contributed by atoms with van der Waals surface area (Å²) in [5.41, 5.74) is 5.09. The SMILES string of the molecule is NC1=NC2CCC(Cl)CC2C1(O)C1CCCCC1Cl. The summed E-state index contributed by atoms with van der Waals surface area (Å²) in [4.78, 5) is 4.53. The van der Waals surface area contributed by atoms with E-state index in [4.69, 9.17) is 28.9 Å². The average molecular weight is 305 g/mol. The Bertz CT molecular complexity index is 390. The molecule has 2 fully saturated rings. The van der Waals surface area contributed by atoms with Gasteiger partial charge in [-0.3, -0.25) is 4.99 Å². The molecule has 0 saturated heterocycles. The standard InChI is InChI=1S/C14H22Cl2N2O/c15-8-5-6-12-10(7-8)14(19,13(17)18-12)9-3-1-2-4-11(9)16/h8-12,19H,1-7H2,(H2,17,18). The van der Waals surface area contributed by atoms with E-state index in [1.54, 1.807) is 0 Å². The van der Waals surface area contributed by atoms with E-state index in [9.17, 15) is 5.11 Å². The molecule has 0 amide bonds. The minimum Gasteiger partial charge on any atom is -0.385 e. The number of aliphatic imine (C=N–C) groups is 1. The van der Waals surface area contributed by atoms with Crippen molar-refractivity contribution in [3.8, 4) is 0 Å². The van der Waals surface area contributed by atoms with Gasteiger partial charge in [0, 0.05) is 22.6 Å². The summed E-state index contributed by atoms with van der Waals surface area (Å²) in [6.07, 6.45) is 6.86. The van der Waals surface area contributed by atoms with Crippen LogP contribution in [0.15, 0.2) is 4.99 Å². The lowest BCUT2D eigenvalue weighted by Gasteiger charge is -2.44. The van der Waals surface area contributed by atoms with Crippen molar-refractivity contribution >= 4 is 29.0 Å². The molecule has 0 aromatic carbocycles. The van der Waals surface area contributed by atoms with Gasteiger partial charge >= 0.3 is 0 Å². The van der Waals surface area contributed by atoms with Crippen LogP contribution in [0.5, 0.6) is 0 Å². The molecule has 2 saturated carbocycles. The normalized spacial score (nSPS) is 50.7. The van der Waals surface area contributed by atoms with Crippen LogP contribution in [-0.4, -0.2) is 33.3 Å². The summed E-state index contributed by atoms with van der Waals surface area (Å²) >= 11 is 12.8. The van der Waals surface area contributed by atoms with Crippen molar-refractivity contribution in [1.29, 1.82) is 0 Å². The Balaban J connectivity index is 1.89. The first-order valence-corrected chi connectivity index (χ1v) is 8.25. The van der Waals surface area contributed by atoms with Crippen molar-refractivity contribution in [2.24, 2.45) is 22.6 Å². The summed E-state index contributed by atoms with van der Waals surface area (Å²) < 4.78 is 0. The molecule has 0 spiro atoms. The zero-order valence-electron chi connectivity index (χ0n) is 11.1. The molecule has 0 bridgehead atoms. The number of hydrogen-bond acceptors (Lipinski definition) is 3. The van der Waals surface area contributed by atoms with Crippen LogP contribution in [0.4, 0.5) is 0 Å². The fraction of sp³-hybridized carbons (Fsp3) is 0.929. The number of hydrogen-bond donors (Lipinski definition) is 2. The molecule has 0 radical (unpaired) electrons. The van der Waals surface area contributed by atoms with Gasteiger partial charge in [0.2, 0.25) is 0 Å². The zero-order valence-corrected chi connectivity index (χ0v) is 12.6. The molecule has 1 aliphatic heterocycles. The Morgan fingerprint density at radius 3 is 2.58 bits per heavy atom. The molecule has 5 heteroatoms. The second-order valence-electron chi connectivity index (χ2n) is 6.33. The van der Waals surface area contributed by atoms with Crippen molar-refractivity contribution in [3.05, 3.63) is 0 Å². The lowest BCUT2D eigenvalue weighted by atomic mass is 9.66. The van der Waals surface area contributed by atoms with Gasteiger partial charge in [-0.05, 0) is 32.1 Å². The van der Waals surface area contributed by atoms with Crippen molar-refractivity contribution in [3.63, 3.8) is 0 Å². The number of aliphatic hydroxyl groups is 1. The van der Waals surface area contributed by atoms with Crippen LogP contribution in [0.2, 0.25) is 0 Å². The molecule has 3 rings (SSSR count). The lowest BCUT2D eigenvalue weighted by Crippen LogP contribution is -2.57. The van der Waals surface area contributed by atoms with Crippen LogP contribution in [0, 0.1) is 11.8 Å². The lowest BCUT2D eigenvalue weighted by molar-refractivity contribution is -0.0272. The number of fused-ring (bicyclic) bond motifs is 1. The van der Waals surface area contributed by atoms with E-state index in [0.29, 0.717) is 5.84 Å². The highest BCUT2D eigenvalue weighted by atomic mass is 35.5. The van der Waals surface area contributed by atoms with Crippen LogP contribution in [0.25, 0.3) is 0 Å². The maximum Gasteiger partial charge on any atom is 0.130 e. The van der Waals surface area contributed by atoms with Gasteiger partial charge in [-0.25, -0.2) is 0 Å². The monoisotopic (exact) mass is 304 g/mol. The molecule has 6 unspecified atom stereocenters. The fourth-order valence-electron chi connectivity index (χ4n) is 4.25. The van der Waals surface area contributed by atoms with E-state index in [2.05, 4.69) is 4.99 Å². The quantitative estimate of drug-likeness (QED) is 0.732. The molecular weight excluding hydrogens is 283 g/mol. The summed E-state index contributed by atoms with van der Waals surface area (Å²) in [5, 5.41) is 11.4. The number of halogens is 2. The van der Waals surface area contributed by atoms with Gasteiger partial charge in [-0.2, -0.15) is 0 Å². The Labute approximate surface area is 124 Å². The van der Waals surface area contributed by atoms with Gasteiger partial charge < -0.3 is 10.8 Å². The number of amidine groups is 1. The van der Waals surface area contributed by atoms with E-state index < -0.39 is 5.60 Å². The molecule has 19 heavy (non-hydrogen) atoms. The van der Waals surface area contributed by atoms with Crippen LogP contribution in [-0.2, 0) is 0 Å². The van der Waals surface area contributed by atoms with Gasteiger partial charge in [-0.15, -0.1) is 23.2 Å². The molecule has 1 heterocycles. The minimum absolute atomic E-state index is 0.00181. The molecule has 0 aromatic heterocycles. The predicted molar refractivity (Wildman–Crippen MR) is 78.9 cm³/mol. The summed E-state index contributed by atoms with van der Waals surface area (Å²) in [5.74, 6) is 0.502. The van der Waals surface area contributed by atoms with Gasteiger partial charge in [0.1, 0.15) is 11.4 Å². The summed E-state index contributed by atoms with van der Waals surface area (Å²) in [6, 6.07) is 0.144. The van der Waals surface area contributed by atoms with Crippen molar-refractivity contribution in [2.45, 2.75) is 67.3 Å². The van der Waals surface area contributed by atoms with Crippen LogP contribution < -0.4 is 5.73 Å². The second-order valence-corrected chi connectivity index (χ2v) is 7.51. The van der Waals surface area contributed by atoms with E-state index >= 15 is 0 Å². The third kappa shape index (κ3) is 2.18. The van der Waals surface area contributed by atoms with Crippen molar-refractivity contribution < 1.29 is 5.11 Å². The first-order valence-electron chi connectivity index (χ1n) is 7.37. The molecule has 108 valence electrons. The highest BCUT2D eigenvalue weighted by Crippen LogP contribution is 2.49. The van der Waals surface area contributed by atoms with E-state index in [1.807, 2.05) is 0 Å². The zero-order chi connectivity index (χ0) is 13.6. The molecular formula is C14H22Cl2N2O. The highest BCUT2D eigenvalue weighted by Gasteiger charge is 2.57. The average Bonchev–Trinajstić information content (AvgIpc) is 2.64. The van der Waals surface area contributed by atoms with E-state index in [0.717, 1.165) is 44.9 Å². The molecule has 3 nitrogen and oxygen atoms in total. The minimum atomic E-state index is -1.02. The number of rotatable bonds is 1. The number of nitrogens with two attached hydrogens (primary N) is 1. The molecule has 6 atom stereocenters. The van der Waals surface area contributed by atoms with Gasteiger partial charge in [0.15, 0.2) is 0 Å². The maximum atomic E-state index is 11.3. The Kier molecular flexibility index (Phi) is 3.74. The third-order valence-electron chi connectivity index (χ3n) is 5.28. The smallest absolute Gasteiger partial charge is 0.130 e. The van der Waals surface area contributed by atoms with E-state index in [1.165, 1.54) is 0 Å². The maximum absolute atomic E-state index is 11.3. The summed E-state index contributed by atoms with van der Waals surface area (Å²) in [7, 11) is 0. The van der Waals surface area contributed by atoms with Crippen molar-refractivity contribution in [1.82, 2.24) is 0 Å². The second kappa shape index (κ2) is 5.09. The first-order chi connectivity index (χ1) is 9.03. The first kappa shape index (κ1) is 14.0. The third-order valence-corrected chi connectivity index (χ3v) is 6.20. The van der Waals surface area contributed by atoms with E-state index in [-0.39, 0.29) is 28.6 Å². The van der Waals surface area contributed by atoms with Gasteiger partial charge in [0.05, 0.1) is 6.04 Å². The Morgan fingerprint density at radius 1 is 1.11 bits per heavy atom. The molecule has 3 N–H and O–H groups in total. The van der Waals surface area contributed by atoms with Gasteiger partial charge in [-0.1, -0.05) is 12.8 Å². The summed E-state index contributed by atoms with van der Waals surface area (Å²) in [6.45, 7) is 0. The topological polar surface area (TPSA) is 58.6 Å². The predicted octanol–water partition coefficient (Wildman–Crippen LogP) is 2.66. The van der Waals surface area contributed by atoms with Crippen molar-refractivity contribution in [2.75, 3.05) is 0 Å². The Morgan fingerprint density at radius 2 is 1.84 bits per heavy atom. The highest BCUT2D eigenvalue weighted by molar-refractivity contribution is 6.21. The van der Waals surface area contributed by atoms with Crippen LogP contribution in [0.3, 0.4) is 0 Å². The molecule has 2 aliphatic carbocycles. The Hall–Kier alpha value is 0.01000. The van der Waals surface area contributed by atoms with Crippen LogP contribution in [0.1, 0.15) is 44.9 Å². The number of nitrogens with zero attached hydrogens (tertiary/aromatic N) is 1. The van der Waals surface area contributed by atoms with Gasteiger partial charge in [0.25, 0.3) is 0 Å². The fourth-order valence-corrected chi connectivity index (χ4v) is 5.04. The molecule has 3 aliphatic rings. The molecule has 0 aromatic rings. The largest absolute Gasteiger partial charge is 0.385 e.